The number of anilines is 1. The Kier molecular flexibility index (Phi) is 3.39. The lowest BCUT2D eigenvalue weighted by Crippen LogP contribution is -2.37. The van der Waals surface area contributed by atoms with E-state index in [0.29, 0.717) is 54.3 Å². The van der Waals surface area contributed by atoms with Crippen molar-refractivity contribution in [3.63, 3.8) is 0 Å². The van der Waals surface area contributed by atoms with E-state index in [-0.39, 0.29) is 5.43 Å². The average molecular weight is 288 g/mol. The molecule has 0 spiro atoms. The first-order valence-electron chi connectivity index (χ1n) is 6.78. The highest BCUT2D eigenvalue weighted by Gasteiger charge is 2.19. The Morgan fingerprint density at radius 1 is 1.29 bits per heavy atom. The molecule has 0 saturated carbocycles. The Hall–Kier alpha value is -2.34. The van der Waals surface area contributed by atoms with E-state index in [1.807, 2.05) is 4.90 Å². The maximum absolute atomic E-state index is 12.5. The minimum atomic E-state index is -0.564. The van der Waals surface area contributed by atoms with Gasteiger partial charge in [-0.05, 0) is 25.1 Å². The standard InChI is InChI=1S/C15H16N2O4/c1-9-13(18)11-8-10(14(16)19)2-3-12(11)21-15(9)17-4-6-20-7-5-17/h2-3,8H,4-7H2,1H3,(H2,16,19). The number of hydrogen-bond acceptors (Lipinski definition) is 5. The highest BCUT2D eigenvalue weighted by Crippen LogP contribution is 2.24. The first-order chi connectivity index (χ1) is 10.1. The second kappa shape index (κ2) is 5.21. The first-order valence-corrected chi connectivity index (χ1v) is 6.78. The van der Waals surface area contributed by atoms with Gasteiger partial charge >= 0.3 is 0 Å². The summed E-state index contributed by atoms with van der Waals surface area (Å²) in [5.74, 6) is 0.00818. The topological polar surface area (TPSA) is 85.8 Å². The van der Waals surface area contributed by atoms with Crippen molar-refractivity contribution >= 4 is 22.8 Å². The molecule has 6 nitrogen and oxygen atoms in total. The smallest absolute Gasteiger partial charge is 0.248 e. The number of morpholine rings is 1. The van der Waals surface area contributed by atoms with E-state index in [2.05, 4.69) is 0 Å². The Labute approximate surface area is 121 Å². The molecule has 0 radical (unpaired) electrons. The van der Waals surface area contributed by atoms with Crippen molar-refractivity contribution in [1.29, 1.82) is 0 Å². The molecule has 0 unspecified atom stereocenters. The van der Waals surface area contributed by atoms with Crippen LogP contribution in [0.4, 0.5) is 5.88 Å². The molecule has 0 aliphatic carbocycles. The number of rotatable bonds is 2. The van der Waals surface area contributed by atoms with Crippen molar-refractivity contribution in [3.8, 4) is 0 Å². The second-order valence-electron chi connectivity index (χ2n) is 5.04. The number of ether oxygens (including phenoxy) is 1. The van der Waals surface area contributed by atoms with Crippen LogP contribution in [0, 0.1) is 6.92 Å². The van der Waals surface area contributed by atoms with E-state index >= 15 is 0 Å². The Balaban J connectivity index is 2.16. The molecule has 1 aromatic carbocycles. The van der Waals surface area contributed by atoms with Gasteiger partial charge in [0.15, 0.2) is 5.43 Å². The van der Waals surface area contributed by atoms with Gasteiger partial charge < -0.3 is 19.8 Å². The number of nitrogens with zero attached hydrogens (tertiary/aromatic N) is 1. The van der Waals surface area contributed by atoms with Gasteiger partial charge in [0.05, 0.1) is 24.2 Å². The third kappa shape index (κ3) is 2.38. The Bertz CT molecular complexity index is 760. The molecule has 1 aliphatic rings. The minimum absolute atomic E-state index is 0.138. The lowest BCUT2D eigenvalue weighted by Gasteiger charge is -2.28. The number of fused-ring (bicyclic) bond motifs is 1. The average Bonchev–Trinajstić information content (AvgIpc) is 2.51. The summed E-state index contributed by atoms with van der Waals surface area (Å²) in [5.41, 5.74) is 6.40. The summed E-state index contributed by atoms with van der Waals surface area (Å²) in [7, 11) is 0. The number of nitrogens with two attached hydrogens (primary N) is 1. The molecule has 2 N–H and O–H groups in total. The van der Waals surface area contributed by atoms with E-state index < -0.39 is 5.91 Å². The van der Waals surface area contributed by atoms with Gasteiger partial charge in [0.2, 0.25) is 11.8 Å². The molecule has 2 heterocycles. The van der Waals surface area contributed by atoms with Gasteiger partial charge in [0.1, 0.15) is 5.58 Å². The van der Waals surface area contributed by atoms with Crippen molar-refractivity contribution < 1.29 is 13.9 Å². The minimum Gasteiger partial charge on any atom is -0.440 e. The van der Waals surface area contributed by atoms with Gasteiger partial charge in [0, 0.05) is 18.7 Å². The van der Waals surface area contributed by atoms with E-state index in [1.165, 1.54) is 6.07 Å². The predicted octanol–water partition coefficient (Wildman–Crippen LogP) is 1.04. The number of hydrogen-bond donors (Lipinski definition) is 1. The van der Waals surface area contributed by atoms with Crippen LogP contribution in [0.3, 0.4) is 0 Å². The molecular formula is C15H16N2O4. The number of carbonyl (C=O) groups excluding carboxylic acids is 1. The largest absolute Gasteiger partial charge is 0.440 e. The van der Waals surface area contributed by atoms with E-state index in [0.717, 1.165) is 0 Å². The van der Waals surface area contributed by atoms with Crippen molar-refractivity contribution in [2.75, 3.05) is 31.2 Å². The quantitative estimate of drug-likeness (QED) is 0.892. The fraction of sp³-hybridized carbons (Fsp3) is 0.333. The maximum atomic E-state index is 12.5. The summed E-state index contributed by atoms with van der Waals surface area (Å²) in [6, 6.07) is 4.66. The zero-order valence-electron chi connectivity index (χ0n) is 11.7. The Morgan fingerprint density at radius 3 is 2.67 bits per heavy atom. The number of benzene rings is 1. The van der Waals surface area contributed by atoms with Gasteiger partial charge in [0.25, 0.3) is 0 Å². The van der Waals surface area contributed by atoms with Crippen LogP contribution < -0.4 is 16.1 Å². The molecule has 2 aromatic rings. The molecule has 110 valence electrons. The summed E-state index contributed by atoms with van der Waals surface area (Å²) in [4.78, 5) is 25.7. The molecule has 21 heavy (non-hydrogen) atoms. The predicted molar refractivity (Wildman–Crippen MR) is 78.8 cm³/mol. The van der Waals surface area contributed by atoms with Crippen molar-refractivity contribution in [3.05, 3.63) is 39.5 Å². The zero-order valence-corrected chi connectivity index (χ0v) is 11.7. The van der Waals surface area contributed by atoms with Gasteiger partial charge in [-0.1, -0.05) is 0 Å². The number of carbonyl (C=O) groups is 1. The molecule has 0 atom stereocenters. The van der Waals surface area contributed by atoms with Gasteiger partial charge in [-0.25, -0.2) is 0 Å². The Morgan fingerprint density at radius 2 is 2.00 bits per heavy atom. The molecule has 1 aromatic heterocycles. The van der Waals surface area contributed by atoms with Crippen LogP contribution in [0.1, 0.15) is 15.9 Å². The van der Waals surface area contributed by atoms with Crippen molar-refractivity contribution in [2.45, 2.75) is 6.92 Å². The fourth-order valence-electron chi connectivity index (χ4n) is 2.50. The zero-order chi connectivity index (χ0) is 15.0. The first kappa shape index (κ1) is 13.6. The number of amides is 1. The summed E-state index contributed by atoms with van der Waals surface area (Å²) in [5, 5.41) is 0.376. The molecule has 6 heteroatoms. The third-order valence-corrected chi connectivity index (χ3v) is 3.68. The molecule has 1 aliphatic heterocycles. The van der Waals surface area contributed by atoms with Gasteiger partial charge in [-0.2, -0.15) is 0 Å². The summed E-state index contributed by atoms with van der Waals surface area (Å²) in [6.45, 7) is 4.33. The highest BCUT2D eigenvalue weighted by atomic mass is 16.5. The van der Waals surface area contributed by atoms with Crippen LogP contribution in [0.15, 0.2) is 27.4 Å². The molecule has 1 fully saturated rings. The lowest BCUT2D eigenvalue weighted by molar-refractivity contribution is 0.100. The van der Waals surface area contributed by atoms with Gasteiger partial charge in [-0.3, -0.25) is 9.59 Å². The number of primary amides is 1. The van der Waals surface area contributed by atoms with E-state index in [9.17, 15) is 9.59 Å². The normalized spacial score (nSPS) is 15.4. The van der Waals surface area contributed by atoms with Crippen LogP contribution >= 0.6 is 0 Å². The lowest BCUT2D eigenvalue weighted by atomic mass is 10.1. The van der Waals surface area contributed by atoms with Gasteiger partial charge in [-0.15, -0.1) is 0 Å². The van der Waals surface area contributed by atoms with Crippen LogP contribution in [0.2, 0.25) is 0 Å². The van der Waals surface area contributed by atoms with Crippen LogP contribution in [0.5, 0.6) is 0 Å². The van der Waals surface area contributed by atoms with Crippen LogP contribution in [0.25, 0.3) is 11.0 Å². The summed E-state index contributed by atoms with van der Waals surface area (Å²) >= 11 is 0. The molecule has 3 rings (SSSR count). The van der Waals surface area contributed by atoms with Crippen LogP contribution in [-0.2, 0) is 4.74 Å². The van der Waals surface area contributed by atoms with Crippen molar-refractivity contribution in [1.82, 2.24) is 0 Å². The molecule has 0 bridgehead atoms. The third-order valence-electron chi connectivity index (χ3n) is 3.68. The molecule has 1 saturated heterocycles. The van der Waals surface area contributed by atoms with E-state index in [4.69, 9.17) is 14.9 Å². The molecular weight excluding hydrogens is 272 g/mol. The SMILES string of the molecule is Cc1c(N2CCOCC2)oc2ccc(C(N)=O)cc2c1=O. The van der Waals surface area contributed by atoms with Crippen molar-refractivity contribution in [2.24, 2.45) is 5.73 Å². The fourth-order valence-corrected chi connectivity index (χ4v) is 2.50. The molecule has 1 amide bonds. The second-order valence-corrected chi connectivity index (χ2v) is 5.04. The monoisotopic (exact) mass is 288 g/mol. The summed E-state index contributed by atoms with van der Waals surface area (Å²) < 4.78 is 11.2. The summed E-state index contributed by atoms with van der Waals surface area (Å²) in [6.07, 6.45) is 0. The van der Waals surface area contributed by atoms with E-state index in [1.54, 1.807) is 19.1 Å². The maximum Gasteiger partial charge on any atom is 0.248 e. The van der Waals surface area contributed by atoms with Crippen LogP contribution in [-0.4, -0.2) is 32.2 Å². The highest BCUT2D eigenvalue weighted by molar-refractivity contribution is 5.96.